The van der Waals surface area contributed by atoms with Crippen LogP contribution in [0.2, 0.25) is 0 Å². The highest BCUT2D eigenvalue weighted by Crippen LogP contribution is 2.55. The number of benzene rings is 6. The van der Waals surface area contributed by atoms with Gasteiger partial charge >= 0.3 is 0 Å². The van der Waals surface area contributed by atoms with Crippen molar-refractivity contribution in [3.63, 3.8) is 0 Å². The Balaban J connectivity index is 1.08. The maximum atomic E-state index is 5.35. The summed E-state index contributed by atoms with van der Waals surface area (Å²) in [5.41, 5.74) is 15.9. The Morgan fingerprint density at radius 3 is 0.800 bits per heavy atom. The molecule has 80 heavy (non-hydrogen) atoms. The van der Waals surface area contributed by atoms with Gasteiger partial charge in [0.2, 0.25) is 0 Å². The lowest BCUT2D eigenvalue weighted by Gasteiger charge is -2.42. The summed E-state index contributed by atoms with van der Waals surface area (Å²) in [5.74, 6) is 2.46. The molecule has 2 aliphatic rings. The molecule has 8 heterocycles. The molecule has 0 amide bonds. The summed E-state index contributed by atoms with van der Waals surface area (Å²) < 4.78 is 0. The zero-order valence-electron chi connectivity index (χ0n) is 44.3. The van der Waals surface area contributed by atoms with Crippen molar-refractivity contribution in [3.8, 4) is 80.0 Å². The second-order valence-corrected chi connectivity index (χ2v) is 20.9. The number of rotatable bonds is 9. The van der Waals surface area contributed by atoms with Crippen LogP contribution >= 0.6 is 0 Å². The van der Waals surface area contributed by atoms with Gasteiger partial charge in [-0.3, -0.25) is 19.9 Å². The first kappa shape index (κ1) is 48.0. The van der Waals surface area contributed by atoms with Gasteiger partial charge in [0.25, 0.3) is 0 Å². The van der Waals surface area contributed by atoms with Crippen molar-refractivity contribution >= 4 is 34.1 Å². The molecule has 0 N–H and O–H groups in total. The molecule has 12 heteroatoms. The van der Waals surface area contributed by atoms with Crippen LogP contribution in [0.5, 0.6) is 0 Å². The highest BCUT2D eigenvalue weighted by Gasteiger charge is 2.39. The van der Waals surface area contributed by atoms with Gasteiger partial charge in [0.15, 0.2) is 34.9 Å². The molecule has 6 aromatic carbocycles. The van der Waals surface area contributed by atoms with Crippen LogP contribution in [0.15, 0.2) is 231 Å². The molecule has 14 rings (SSSR count). The minimum Gasteiger partial charge on any atom is -0.310 e. The fourth-order valence-electron chi connectivity index (χ4n) is 11.5. The van der Waals surface area contributed by atoms with Gasteiger partial charge in [0.05, 0.1) is 22.7 Å². The number of para-hydroxylation sites is 4. The zero-order valence-corrected chi connectivity index (χ0v) is 44.3. The molecule has 0 radical (unpaired) electrons. The van der Waals surface area contributed by atoms with Gasteiger partial charge in [0.1, 0.15) is 22.8 Å². The SMILES string of the molecule is CC1(C)c2ccccc2N(c2ccc(-c3ccc(N4c5ccccc5C(C)(C)c5ccccc54)cc3-c3nc(-c4ccccn4)nc(-c4ccccn4)n3)c(-c3nc(-c4ccccn4)nc(-c4ccccn4)n3)c2)c2ccccc21. The molecule has 0 fully saturated rings. The van der Waals surface area contributed by atoms with E-state index in [0.29, 0.717) is 57.7 Å². The molecule has 0 atom stereocenters. The zero-order chi connectivity index (χ0) is 54.0. The Bertz CT molecular complexity index is 3830. The van der Waals surface area contributed by atoms with E-state index in [0.717, 1.165) is 56.4 Å². The number of nitrogens with zero attached hydrogens (tertiary/aromatic N) is 12. The Hall–Kier alpha value is -10.5. The van der Waals surface area contributed by atoms with Crippen molar-refractivity contribution in [2.75, 3.05) is 9.80 Å². The van der Waals surface area contributed by atoms with Crippen LogP contribution in [0.1, 0.15) is 49.9 Å². The third-order valence-corrected chi connectivity index (χ3v) is 15.4. The minimum absolute atomic E-state index is 0.273. The summed E-state index contributed by atoms with van der Waals surface area (Å²) in [6.07, 6.45) is 7.00. The lowest BCUT2D eigenvalue weighted by atomic mass is 9.73. The average Bonchev–Trinajstić information content (AvgIpc) is 3.31. The first-order valence-electron chi connectivity index (χ1n) is 26.6. The largest absolute Gasteiger partial charge is 0.310 e. The number of aromatic nitrogens is 10. The van der Waals surface area contributed by atoms with E-state index < -0.39 is 0 Å². The number of hydrogen-bond acceptors (Lipinski definition) is 12. The molecule has 382 valence electrons. The van der Waals surface area contributed by atoms with E-state index in [9.17, 15) is 0 Å². The predicted octanol–water partition coefficient (Wildman–Crippen LogP) is 15.5. The van der Waals surface area contributed by atoms with E-state index >= 15 is 0 Å². The standard InChI is InChI=1S/C68H50N12/c1-67(2)49-21-5-9-29-57(49)79(58-30-10-6-22-50(58)67)43-33-35-45(47(41-43)61-73-63(53-25-13-17-37-69-53)77-64(74-61)54-26-14-18-38-70-54)46-36-34-44(80-59-31-11-7-23-51(59)68(3,4)52-24-8-12-32-60(52)80)42-48(46)62-75-65(55-27-15-19-39-71-55)78-66(76-62)56-28-16-20-40-72-56/h5-42H,1-4H3. The number of anilines is 6. The number of hydrogen-bond donors (Lipinski definition) is 0. The normalized spacial score (nSPS) is 13.7. The van der Waals surface area contributed by atoms with Crippen LogP contribution in [-0.4, -0.2) is 49.8 Å². The van der Waals surface area contributed by atoms with Crippen LogP contribution in [0.4, 0.5) is 34.1 Å². The first-order valence-corrected chi connectivity index (χ1v) is 26.6. The van der Waals surface area contributed by atoms with E-state index in [1.54, 1.807) is 24.8 Å². The quantitative estimate of drug-likeness (QED) is 0.136. The Kier molecular flexibility index (Phi) is 11.5. The summed E-state index contributed by atoms with van der Waals surface area (Å²) in [4.78, 5) is 55.2. The molecule has 12 aromatic rings. The first-order chi connectivity index (χ1) is 39.2. The van der Waals surface area contributed by atoms with E-state index in [2.05, 4.69) is 171 Å². The smallest absolute Gasteiger partial charge is 0.182 e. The molecule has 0 spiro atoms. The lowest BCUT2D eigenvalue weighted by Crippen LogP contribution is -2.30. The van der Waals surface area contributed by atoms with Gasteiger partial charge in [-0.05, 0) is 130 Å². The fraction of sp³-hybridized carbons (Fsp3) is 0.0882. The Morgan fingerprint density at radius 1 is 0.263 bits per heavy atom. The molecule has 6 aromatic heterocycles. The summed E-state index contributed by atoms with van der Waals surface area (Å²) >= 11 is 0. The van der Waals surface area contributed by atoms with Gasteiger partial charge in [-0.1, -0.05) is 137 Å². The highest BCUT2D eigenvalue weighted by molar-refractivity contribution is 5.96. The molecule has 0 aliphatic carbocycles. The molecule has 0 saturated carbocycles. The summed E-state index contributed by atoms with van der Waals surface area (Å²) in [6, 6.07) is 70.7. The number of pyridine rings is 4. The monoisotopic (exact) mass is 1030 g/mol. The molecule has 0 unspecified atom stereocenters. The van der Waals surface area contributed by atoms with E-state index in [1.807, 2.05) is 72.8 Å². The van der Waals surface area contributed by atoms with E-state index in [-0.39, 0.29) is 10.8 Å². The van der Waals surface area contributed by atoms with Crippen LogP contribution < -0.4 is 9.80 Å². The van der Waals surface area contributed by atoms with Gasteiger partial charge in [-0.15, -0.1) is 0 Å². The van der Waals surface area contributed by atoms with Crippen molar-refractivity contribution in [3.05, 3.63) is 253 Å². The van der Waals surface area contributed by atoms with Crippen molar-refractivity contribution in [1.82, 2.24) is 49.8 Å². The van der Waals surface area contributed by atoms with Crippen molar-refractivity contribution in [1.29, 1.82) is 0 Å². The average molecular weight is 1040 g/mol. The number of fused-ring (bicyclic) bond motifs is 4. The van der Waals surface area contributed by atoms with Crippen LogP contribution in [-0.2, 0) is 10.8 Å². The highest BCUT2D eigenvalue weighted by atomic mass is 15.2. The summed E-state index contributed by atoms with van der Waals surface area (Å²) in [5, 5.41) is 0. The van der Waals surface area contributed by atoms with Crippen LogP contribution in [0.25, 0.3) is 80.0 Å². The molecule has 0 bridgehead atoms. The molecular weight excluding hydrogens is 985 g/mol. The van der Waals surface area contributed by atoms with Gasteiger partial charge in [-0.2, -0.15) is 0 Å². The second-order valence-electron chi connectivity index (χ2n) is 20.9. The molecule has 12 nitrogen and oxygen atoms in total. The maximum absolute atomic E-state index is 5.35. The third kappa shape index (κ3) is 8.15. The van der Waals surface area contributed by atoms with Crippen molar-refractivity contribution in [2.24, 2.45) is 0 Å². The topological polar surface area (TPSA) is 135 Å². The molecule has 2 aliphatic heterocycles. The maximum Gasteiger partial charge on any atom is 0.182 e. The minimum atomic E-state index is -0.273. The molecular formula is C68H50N12. The lowest BCUT2D eigenvalue weighted by molar-refractivity contribution is 0.632. The second kappa shape index (κ2) is 19.2. The van der Waals surface area contributed by atoms with Crippen LogP contribution in [0.3, 0.4) is 0 Å². The van der Waals surface area contributed by atoms with Crippen LogP contribution in [0, 0.1) is 0 Å². The molecule has 0 saturated heterocycles. The van der Waals surface area contributed by atoms with Gasteiger partial charge in [0, 0.05) is 58.1 Å². The van der Waals surface area contributed by atoms with E-state index in [1.165, 1.54) is 22.3 Å². The van der Waals surface area contributed by atoms with Gasteiger partial charge in [-0.25, -0.2) is 29.9 Å². The third-order valence-electron chi connectivity index (χ3n) is 15.4. The summed E-state index contributed by atoms with van der Waals surface area (Å²) in [6.45, 7) is 9.19. The fourth-order valence-corrected chi connectivity index (χ4v) is 11.5. The van der Waals surface area contributed by atoms with Gasteiger partial charge < -0.3 is 9.80 Å². The van der Waals surface area contributed by atoms with Crippen molar-refractivity contribution < 1.29 is 0 Å². The Morgan fingerprint density at radius 2 is 0.525 bits per heavy atom. The van der Waals surface area contributed by atoms with E-state index in [4.69, 9.17) is 49.8 Å². The predicted molar refractivity (Wildman–Crippen MR) is 316 cm³/mol. The van der Waals surface area contributed by atoms with Crippen molar-refractivity contribution in [2.45, 2.75) is 38.5 Å². The Labute approximate surface area is 463 Å². The summed E-state index contributed by atoms with van der Waals surface area (Å²) in [7, 11) is 0.